The summed E-state index contributed by atoms with van der Waals surface area (Å²) in [5.41, 5.74) is 1.53. The number of imidazole rings is 1. The lowest BCUT2D eigenvalue weighted by molar-refractivity contribution is -0.137. The van der Waals surface area contributed by atoms with E-state index in [0.29, 0.717) is 41.5 Å². The van der Waals surface area contributed by atoms with Gasteiger partial charge in [-0.25, -0.2) is 19.6 Å². The Hall–Kier alpha value is -3.48. The van der Waals surface area contributed by atoms with E-state index in [4.69, 9.17) is 0 Å². The van der Waals surface area contributed by atoms with Gasteiger partial charge in [0, 0.05) is 25.7 Å². The standard InChI is InChI=1S/C20H19F3N8OS/c1-12-8-29(6-7-31(12)15(32)9-30-11-24-10-25-30)18-16(28-19(33-18)20(21,22)23)17-26-13-4-2-3-5-14(13)27-17/h2-5,10-12H,6-9H2,1H3,(H,26,27)/t12-/m1/s1. The number of H-pyrrole nitrogens is 1. The van der Waals surface area contributed by atoms with Crippen molar-refractivity contribution in [3.8, 4) is 11.5 Å². The van der Waals surface area contributed by atoms with Crippen LogP contribution >= 0.6 is 11.3 Å². The number of alkyl halides is 3. The fraction of sp³-hybridized carbons (Fsp3) is 0.350. The Kier molecular flexibility index (Phi) is 5.27. The van der Waals surface area contributed by atoms with Crippen molar-refractivity contribution in [3.63, 3.8) is 0 Å². The van der Waals surface area contributed by atoms with Crippen molar-refractivity contribution < 1.29 is 18.0 Å². The number of aromatic nitrogens is 6. The Morgan fingerprint density at radius 2 is 2.06 bits per heavy atom. The van der Waals surface area contributed by atoms with Gasteiger partial charge in [-0.2, -0.15) is 18.3 Å². The van der Waals surface area contributed by atoms with E-state index in [-0.39, 0.29) is 30.0 Å². The minimum absolute atomic E-state index is 0.0629. The van der Waals surface area contributed by atoms with Gasteiger partial charge < -0.3 is 14.8 Å². The molecule has 0 aliphatic carbocycles. The molecule has 13 heteroatoms. The number of thiazole rings is 1. The van der Waals surface area contributed by atoms with E-state index in [9.17, 15) is 18.0 Å². The first-order chi connectivity index (χ1) is 15.8. The molecule has 1 aliphatic heterocycles. The highest BCUT2D eigenvalue weighted by Gasteiger charge is 2.39. The van der Waals surface area contributed by atoms with Crippen LogP contribution in [0, 0.1) is 0 Å². The molecular weight excluding hydrogens is 457 g/mol. The first-order valence-corrected chi connectivity index (χ1v) is 11.0. The van der Waals surface area contributed by atoms with Crippen LogP contribution < -0.4 is 4.90 Å². The minimum atomic E-state index is -4.56. The number of piperazine rings is 1. The van der Waals surface area contributed by atoms with Crippen LogP contribution in [0.4, 0.5) is 18.2 Å². The molecule has 9 nitrogen and oxygen atoms in total. The van der Waals surface area contributed by atoms with Crippen molar-refractivity contribution in [2.24, 2.45) is 0 Å². The fourth-order valence-corrected chi connectivity index (χ4v) is 4.89. The first-order valence-electron chi connectivity index (χ1n) is 10.2. The summed E-state index contributed by atoms with van der Waals surface area (Å²) >= 11 is 0.597. The van der Waals surface area contributed by atoms with Crippen LogP contribution in [0.3, 0.4) is 0 Å². The van der Waals surface area contributed by atoms with Gasteiger partial charge in [-0.1, -0.05) is 23.5 Å². The number of carbonyl (C=O) groups is 1. The Bertz CT molecular complexity index is 1250. The fourth-order valence-electron chi connectivity index (χ4n) is 3.92. The molecule has 5 rings (SSSR count). The summed E-state index contributed by atoms with van der Waals surface area (Å²) in [6.07, 6.45) is -1.74. The molecule has 1 atom stereocenters. The average molecular weight is 476 g/mol. The van der Waals surface area contributed by atoms with Crippen molar-refractivity contribution >= 4 is 33.3 Å². The third kappa shape index (κ3) is 4.15. The monoisotopic (exact) mass is 476 g/mol. The number of aromatic amines is 1. The van der Waals surface area contributed by atoms with Crippen LogP contribution in [-0.2, 0) is 17.5 Å². The van der Waals surface area contributed by atoms with Gasteiger partial charge in [-0.3, -0.25) is 4.79 Å². The SMILES string of the molecule is C[C@@H]1CN(c2sc(C(F)(F)F)nc2-c2nc3ccccc3[nH]2)CCN1C(=O)Cn1cncn1. The van der Waals surface area contributed by atoms with Gasteiger partial charge in [0.05, 0.1) is 11.0 Å². The van der Waals surface area contributed by atoms with E-state index in [1.165, 1.54) is 17.3 Å². The smallest absolute Gasteiger partial charge is 0.358 e. The zero-order valence-electron chi connectivity index (χ0n) is 17.5. The quantitative estimate of drug-likeness (QED) is 0.487. The summed E-state index contributed by atoms with van der Waals surface area (Å²) in [6.45, 7) is 3.05. The highest BCUT2D eigenvalue weighted by Crippen LogP contribution is 2.42. The lowest BCUT2D eigenvalue weighted by Gasteiger charge is -2.40. The predicted molar refractivity (Wildman–Crippen MR) is 116 cm³/mol. The number of amides is 1. The molecule has 4 aromatic rings. The number of fused-ring (bicyclic) bond motifs is 1. The molecule has 4 heterocycles. The van der Waals surface area contributed by atoms with Gasteiger partial charge in [0.1, 0.15) is 29.9 Å². The molecule has 0 bridgehead atoms. The molecule has 0 radical (unpaired) electrons. The lowest BCUT2D eigenvalue weighted by Crippen LogP contribution is -2.54. The molecule has 33 heavy (non-hydrogen) atoms. The normalized spacial score (nSPS) is 17.2. The number of nitrogens with zero attached hydrogens (tertiary/aromatic N) is 7. The number of nitrogens with one attached hydrogen (secondary N) is 1. The Balaban J connectivity index is 1.43. The summed E-state index contributed by atoms with van der Waals surface area (Å²) in [6, 6.07) is 7.02. The number of anilines is 1. The maximum atomic E-state index is 13.5. The van der Waals surface area contributed by atoms with Gasteiger partial charge in [-0.05, 0) is 19.1 Å². The average Bonchev–Trinajstić information content (AvgIpc) is 3.51. The molecule has 0 spiro atoms. The third-order valence-corrected chi connectivity index (χ3v) is 6.63. The zero-order valence-corrected chi connectivity index (χ0v) is 18.3. The number of hydrogen-bond donors (Lipinski definition) is 1. The van der Waals surface area contributed by atoms with E-state index >= 15 is 0 Å². The Labute approximate surface area is 189 Å². The lowest BCUT2D eigenvalue weighted by atomic mass is 10.2. The molecular formula is C20H19F3N8OS. The van der Waals surface area contributed by atoms with E-state index in [0.717, 1.165) is 5.52 Å². The number of halogens is 3. The molecule has 0 saturated carbocycles. The highest BCUT2D eigenvalue weighted by atomic mass is 32.1. The largest absolute Gasteiger partial charge is 0.443 e. The molecule has 1 amide bonds. The maximum absolute atomic E-state index is 13.5. The van der Waals surface area contributed by atoms with Crippen LogP contribution in [0.5, 0.6) is 0 Å². The Morgan fingerprint density at radius 3 is 2.76 bits per heavy atom. The number of carbonyl (C=O) groups excluding carboxylic acids is 1. The number of rotatable bonds is 4. The predicted octanol–water partition coefficient (Wildman–Crippen LogP) is 3.03. The summed E-state index contributed by atoms with van der Waals surface area (Å²) in [5.74, 6) is 0.167. The molecule has 1 fully saturated rings. The minimum Gasteiger partial charge on any atom is -0.358 e. The third-order valence-electron chi connectivity index (χ3n) is 5.46. The molecule has 172 valence electrons. The zero-order chi connectivity index (χ0) is 23.2. The summed E-state index contributed by atoms with van der Waals surface area (Å²) < 4.78 is 42.0. The van der Waals surface area contributed by atoms with E-state index in [1.54, 1.807) is 11.0 Å². The number of para-hydroxylation sites is 2. The van der Waals surface area contributed by atoms with Gasteiger partial charge in [0.2, 0.25) is 10.9 Å². The second-order valence-corrected chi connectivity index (χ2v) is 8.73. The Morgan fingerprint density at radius 1 is 1.24 bits per heavy atom. The number of hydrogen-bond acceptors (Lipinski definition) is 7. The molecule has 1 saturated heterocycles. The molecule has 1 aromatic carbocycles. The van der Waals surface area contributed by atoms with Gasteiger partial charge >= 0.3 is 6.18 Å². The van der Waals surface area contributed by atoms with Crippen molar-refractivity contribution in [1.29, 1.82) is 0 Å². The second-order valence-electron chi connectivity index (χ2n) is 7.75. The van der Waals surface area contributed by atoms with Gasteiger partial charge in [0.25, 0.3) is 0 Å². The molecule has 3 aromatic heterocycles. The van der Waals surface area contributed by atoms with Crippen molar-refractivity contribution in [2.75, 3.05) is 24.5 Å². The van der Waals surface area contributed by atoms with Gasteiger partial charge in [0.15, 0.2) is 5.82 Å². The summed E-state index contributed by atoms with van der Waals surface area (Å²) in [4.78, 5) is 31.5. The van der Waals surface area contributed by atoms with E-state index in [2.05, 4.69) is 25.0 Å². The maximum Gasteiger partial charge on any atom is 0.443 e. The summed E-state index contributed by atoms with van der Waals surface area (Å²) in [7, 11) is 0. The van der Waals surface area contributed by atoms with Crippen LogP contribution in [0.25, 0.3) is 22.6 Å². The van der Waals surface area contributed by atoms with Crippen LogP contribution in [0.15, 0.2) is 36.9 Å². The second kappa shape index (κ2) is 8.14. The van der Waals surface area contributed by atoms with Crippen molar-refractivity contribution in [3.05, 3.63) is 41.9 Å². The van der Waals surface area contributed by atoms with Crippen molar-refractivity contribution in [1.82, 2.24) is 34.6 Å². The topological polar surface area (TPSA) is 95.8 Å². The molecule has 1 N–H and O–H groups in total. The van der Waals surface area contributed by atoms with Crippen LogP contribution in [0.2, 0.25) is 0 Å². The van der Waals surface area contributed by atoms with Crippen LogP contribution in [0.1, 0.15) is 11.9 Å². The van der Waals surface area contributed by atoms with Gasteiger partial charge in [-0.15, -0.1) is 0 Å². The molecule has 0 unspecified atom stereocenters. The number of benzene rings is 1. The summed E-state index contributed by atoms with van der Waals surface area (Å²) in [5, 5.41) is 3.41. The van der Waals surface area contributed by atoms with E-state index in [1.807, 2.05) is 30.0 Å². The highest BCUT2D eigenvalue weighted by molar-refractivity contribution is 7.16. The molecule has 1 aliphatic rings. The first kappa shape index (κ1) is 21.4. The van der Waals surface area contributed by atoms with E-state index < -0.39 is 11.2 Å². The van der Waals surface area contributed by atoms with Crippen LogP contribution in [-0.4, -0.2) is 66.2 Å². The van der Waals surface area contributed by atoms with Crippen molar-refractivity contribution in [2.45, 2.75) is 25.7 Å².